The summed E-state index contributed by atoms with van der Waals surface area (Å²) < 4.78 is 28.9. The minimum Gasteiger partial charge on any atom is -0.352 e. The Balaban J connectivity index is 2.07. The van der Waals surface area contributed by atoms with Gasteiger partial charge in [0.1, 0.15) is 12.6 Å². The van der Waals surface area contributed by atoms with Gasteiger partial charge in [0.2, 0.25) is 11.8 Å². The van der Waals surface area contributed by atoms with Crippen molar-refractivity contribution in [3.63, 3.8) is 0 Å². The predicted octanol–water partition coefficient (Wildman–Crippen LogP) is 6.22. The lowest BCUT2D eigenvalue weighted by Crippen LogP contribution is -2.53. The van der Waals surface area contributed by atoms with Crippen LogP contribution in [0.3, 0.4) is 0 Å². The van der Waals surface area contributed by atoms with E-state index < -0.39 is 28.5 Å². The van der Waals surface area contributed by atoms with Gasteiger partial charge in [-0.3, -0.25) is 13.9 Å². The molecule has 1 N–H and O–H groups in total. The second kappa shape index (κ2) is 14.0. The van der Waals surface area contributed by atoms with Gasteiger partial charge in [-0.25, -0.2) is 8.42 Å². The first-order valence-electron chi connectivity index (χ1n) is 13.2. The Morgan fingerprint density at radius 3 is 2.20 bits per heavy atom. The number of carbonyl (C=O) groups excluding carboxylic acids is 2. The average Bonchev–Trinajstić information content (AvgIpc) is 2.92. The number of sulfonamides is 1. The van der Waals surface area contributed by atoms with E-state index in [1.165, 1.54) is 29.2 Å². The summed E-state index contributed by atoms with van der Waals surface area (Å²) in [5.41, 5.74) is 1.81. The highest BCUT2D eigenvalue weighted by molar-refractivity contribution is 7.92. The van der Waals surface area contributed by atoms with E-state index in [0.29, 0.717) is 27.7 Å². The molecule has 2 atom stereocenters. The van der Waals surface area contributed by atoms with Crippen LogP contribution in [0.5, 0.6) is 0 Å². The Morgan fingerprint density at radius 2 is 1.60 bits per heavy atom. The maximum absolute atomic E-state index is 14.1. The van der Waals surface area contributed by atoms with E-state index >= 15 is 0 Å². The third-order valence-electron chi connectivity index (χ3n) is 6.66. The number of hydrogen-bond acceptors (Lipinski definition) is 4. The van der Waals surface area contributed by atoms with Crippen molar-refractivity contribution in [1.82, 2.24) is 10.2 Å². The standard InChI is InChI=1S/C30H35Cl2N3O4S/c1-5-22(4)33-30(37)28(6-2)34(19-23-11-7-8-13-27(23)32)29(36)20-35(25-12-9-10-21(3)18-25)40(38,39)26-16-14-24(31)15-17-26/h7-18,22,28H,5-6,19-20H2,1-4H3,(H,33,37)/t22-,28-/m1/s1. The number of amides is 2. The van der Waals surface area contributed by atoms with Crippen LogP contribution in [0.2, 0.25) is 10.0 Å². The van der Waals surface area contributed by atoms with E-state index in [0.717, 1.165) is 16.3 Å². The molecule has 7 nitrogen and oxygen atoms in total. The molecule has 214 valence electrons. The van der Waals surface area contributed by atoms with Gasteiger partial charge in [-0.1, -0.05) is 67.4 Å². The number of nitrogens with one attached hydrogen (secondary N) is 1. The van der Waals surface area contributed by atoms with Gasteiger partial charge >= 0.3 is 0 Å². The number of rotatable bonds is 12. The summed E-state index contributed by atoms with van der Waals surface area (Å²) in [5.74, 6) is -0.843. The van der Waals surface area contributed by atoms with Gasteiger partial charge in [-0.05, 0) is 80.3 Å². The average molecular weight is 605 g/mol. The SMILES string of the molecule is CC[C@@H](C)NC(=O)[C@@H](CC)N(Cc1ccccc1Cl)C(=O)CN(c1cccc(C)c1)S(=O)(=O)c1ccc(Cl)cc1. The second-order valence-electron chi connectivity index (χ2n) is 9.66. The number of anilines is 1. The van der Waals surface area contributed by atoms with Crippen LogP contribution in [0.15, 0.2) is 77.7 Å². The molecule has 3 rings (SSSR count). The largest absolute Gasteiger partial charge is 0.352 e. The third-order valence-corrected chi connectivity index (χ3v) is 9.06. The highest BCUT2D eigenvalue weighted by Gasteiger charge is 2.34. The molecule has 0 aromatic heterocycles. The van der Waals surface area contributed by atoms with Gasteiger partial charge in [-0.2, -0.15) is 0 Å². The fourth-order valence-corrected chi connectivity index (χ4v) is 5.94. The minimum absolute atomic E-state index is 0.00887. The Hall–Kier alpha value is -3.07. The zero-order valence-corrected chi connectivity index (χ0v) is 25.4. The van der Waals surface area contributed by atoms with Crippen molar-refractivity contribution in [1.29, 1.82) is 0 Å². The topological polar surface area (TPSA) is 86.8 Å². The molecule has 10 heteroatoms. The van der Waals surface area contributed by atoms with Crippen molar-refractivity contribution >= 4 is 50.7 Å². The van der Waals surface area contributed by atoms with Crippen molar-refractivity contribution in [3.05, 3.63) is 94.0 Å². The first-order chi connectivity index (χ1) is 19.0. The lowest BCUT2D eigenvalue weighted by molar-refractivity contribution is -0.140. The molecule has 0 heterocycles. The van der Waals surface area contributed by atoms with E-state index in [9.17, 15) is 18.0 Å². The molecule has 3 aromatic carbocycles. The Labute approximate surface area is 247 Å². The zero-order chi connectivity index (χ0) is 29.4. The van der Waals surface area contributed by atoms with Crippen molar-refractivity contribution in [2.45, 2.75) is 64.1 Å². The van der Waals surface area contributed by atoms with Gasteiger partial charge in [0.05, 0.1) is 10.6 Å². The van der Waals surface area contributed by atoms with Gasteiger partial charge in [-0.15, -0.1) is 0 Å². The summed E-state index contributed by atoms with van der Waals surface area (Å²) in [4.78, 5) is 28.8. The Bertz CT molecular complexity index is 1430. The highest BCUT2D eigenvalue weighted by Crippen LogP contribution is 2.27. The molecule has 3 aromatic rings. The third kappa shape index (κ3) is 7.77. The van der Waals surface area contributed by atoms with E-state index in [1.807, 2.05) is 33.8 Å². The van der Waals surface area contributed by atoms with E-state index in [1.54, 1.807) is 42.5 Å². The number of nitrogens with zero attached hydrogens (tertiary/aromatic N) is 2. The molecule has 40 heavy (non-hydrogen) atoms. The minimum atomic E-state index is -4.17. The fourth-order valence-electron chi connectivity index (χ4n) is 4.22. The van der Waals surface area contributed by atoms with Crippen LogP contribution in [0.25, 0.3) is 0 Å². The van der Waals surface area contributed by atoms with Crippen molar-refractivity contribution in [3.8, 4) is 0 Å². The van der Waals surface area contributed by atoms with Crippen LogP contribution in [0.1, 0.15) is 44.7 Å². The van der Waals surface area contributed by atoms with Gasteiger partial charge in [0, 0.05) is 22.6 Å². The molecular weight excluding hydrogens is 569 g/mol. The predicted molar refractivity (Wildman–Crippen MR) is 161 cm³/mol. The van der Waals surface area contributed by atoms with Crippen molar-refractivity contribution in [2.75, 3.05) is 10.8 Å². The molecule has 0 aliphatic rings. The second-order valence-corrected chi connectivity index (χ2v) is 12.4. The molecule has 0 aliphatic carbocycles. The first kappa shape index (κ1) is 31.5. The zero-order valence-electron chi connectivity index (χ0n) is 23.1. The summed E-state index contributed by atoms with van der Waals surface area (Å²) in [6, 6.07) is 18.8. The number of carbonyl (C=O) groups is 2. The van der Waals surface area contributed by atoms with Gasteiger partial charge < -0.3 is 10.2 Å². The quantitative estimate of drug-likeness (QED) is 0.266. The lowest BCUT2D eigenvalue weighted by Gasteiger charge is -2.34. The molecule has 0 unspecified atom stereocenters. The molecular formula is C30H35Cl2N3O4S. The summed E-state index contributed by atoms with van der Waals surface area (Å²) in [7, 11) is -4.17. The van der Waals surface area contributed by atoms with E-state index in [4.69, 9.17) is 23.2 Å². The lowest BCUT2D eigenvalue weighted by atomic mass is 10.1. The van der Waals surface area contributed by atoms with Crippen LogP contribution in [0, 0.1) is 6.92 Å². The summed E-state index contributed by atoms with van der Waals surface area (Å²) >= 11 is 12.4. The van der Waals surface area contributed by atoms with Gasteiger partial charge in [0.25, 0.3) is 10.0 Å². The smallest absolute Gasteiger partial charge is 0.264 e. The van der Waals surface area contributed by atoms with Crippen LogP contribution in [0.4, 0.5) is 5.69 Å². The van der Waals surface area contributed by atoms with E-state index in [-0.39, 0.29) is 23.4 Å². The Kier molecular flexibility index (Phi) is 11.0. The molecule has 2 amide bonds. The van der Waals surface area contributed by atoms with Crippen LogP contribution in [-0.2, 0) is 26.2 Å². The molecule has 0 bridgehead atoms. The van der Waals surface area contributed by atoms with E-state index in [2.05, 4.69) is 5.32 Å². The maximum Gasteiger partial charge on any atom is 0.264 e. The number of benzene rings is 3. The monoisotopic (exact) mass is 603 g/mol. The fraction of sp³-hybridized carbons (Fsp3) is 0.333. The van der Waals surface area contributed by atoms with Gasteiger partial charge in [0.15, 0.2) is 0 Å². The molecule has 0 radical (unpaired) electrons. The van der Waals surface area contributed by atoms with Crippen molar-refractivity contribution < 1.29 is 18.0 Å². The number of aryl methyl sites for hydroxylation is 1. The first-order valence-corrected chi connectivity index (χ1v) is 15.4. The summed E-state index contributed by atoms with van der Waals surface area (Å²) in [5, 5.41) is 3.80. The Morgan fingerprint density at radius 1 is 0.925 bits per heavy atom. The van der Waals surface area contributed by atoms with Crippen LogP contribution in [-0.4, -0.2) is 43.8 Å². The summed E-state index contributed by atoms with van der Waals surface area (Å²) in [6.07, 6.45) is 1.05. The number of hydrogen-bond donors (Lipinski definition) is 1. The van der Waals surface area contributed by atoms with Crippen LogP contribution < -0.4 is 9.62 Å². The highest BCUT2D eigenvalue weighted by atomic mass is 35.5. The molecule has 0 saturated carbocycles. The molecule has 0 saturated heterocycles. The van der Waals surface area contributed by atoms with Crippen LogP contribution >= 0.6 is 23.2 Å². The number of halogens is 2. The van der Waals surface area contributed by atoms with Crippen molar-refractivity contribution in [2.24, 2.45) is 0 Å². The summed E-state index contributed by atoms with van der Waals surface area (Å²) in [6.45, 7) is 7.02. The molecule has 0 spiro atoms. The maximum atomic E-state index is 14.1. The normalized spacial score (nSPS) is 12.8. The molecule has 0 fully saturated rings. The molecule has 0 aliphatic heterocycles.